The molecule has 1 unspecified atom stereocenters. The van der Waals surface area contributed by atoms with Crippen molar-refractivity contribution in [3.63, 3.8) is 0 Å². The van der Waals surface area contributed by atoms with Crippen LogP contribution in [0.25, 0.3) is 22.4 Å². The number of alkyl halides is 3. The predicted molar refractivity (Wildman–Crippen MR) is 130 cm³/mol. The molecule has 2 N–H and O–H groups in total. The number of nitrogens with zero attached hydrogens (tertiary/aromatic N) is 3. The van der Waals surface area contributed by atoms with Crippen LogP contribution in [0.5, 0.6) is 5.75 Å². The second-order valence-electron chi connectivity index (χ2n) is 8.85. The SMILES string of the molecule is C=C[C@H](N)c1oc(-c2ccc(OC)c3nc(C(F)(F)F)ccc23)nc1C(=O)N1CC(=C)C[C@H]1C(C)C=O. The highest BCUT2D eigenvalue weighted by molar-refractivity contribution is 5.98. The molecule has 0 aliphatic carbocycles. The molecule has 0 bridgehead atoms. The number of pyridine rings is 1. The van der Waals surface area contributed by atoms with Crippen molar-refractivity contribution in [3.8, 4) is 17.2 Å². The molecule has 1 fully saturated rings. The molecule has 3 heterocycles. The van der Waals surface area contributed by atoms with Crippen LogP contribution in [0.1, 0.15) is 41.3 Å². The maximum absolute atomic E-state index is 13.6. The van der Waals surface area contributed by atoms with Gasteiger partial charge in [-0.1, -0.05) is 25.2 Å². The third kappa shape index (κ3) is 4.74. The molecule has 0 radical (unpaired) electrons. The highest BCUT2D eigenvalue weighted by Crippen LogP contribution is 2.38. The lowest BCUT2D eigenvalue weighted by Crippen LogP contribution is -2.40. The van der Waals surface area contributed by atoms with Crippen LogP contribution < -0.4 is 10.5 Å². The molecular weight excluding hydrogens is 489 g/mol. The number of carbonyl (C=O) groups excluding carboxylic acids is 2. The van der Waals surface area contributed by atoms with E-state index in [4.69, 9.17) is 14.9 Å². The van der Waals surface area contributed by atoms with E-state index in [1.54, 1.807) is 13.0 Å². The van der Waals surface area contributed by atoms with Crippen molar-refractivity contribution >= 4 is 23.1 Å². The summed E-state index contributed by atoms with van der Waals surface area (Å²) in [5.74, 6) is -0.825. The Hall–Kier alpha value is -3.99. The number of halogens is 3. The summed E-state index contributed by atoms with van der Waals surface area (Å²) in [4.78, 5) is 34.8. The number of hydrogen-bond acceptors (Lipinski definition) is 7. The fourth-order valence-corrected chi connectivity index (χ4v) is 4.38. The number of hydrogen-bond donors (Lipinski definition) is 1. The van der Waals surface area contributed by atoms with Gasteiger partial charge >= 0.3 is 6.18 Å². The minimum absolute atomic E-state index is 0.0360. The molecule has 0 saturated carbocycles. The summed E-state index contributed by atoms with van der Waals surface area (Å²) in [6.45, 7) is 9.57. The summed E-state index contributed by atoms with van der Waals surface area (Å²) in [5, 5.41) is 0.272. The van der Waals surface area contributed by atoms with Crippen LogP contribution in [0.4, 0.5) is 13.2 Å². The number of methoxy groups -OCH3 is 1. The van der Waals surface area contributed by atoms with Crippen molar-refractivity contribution in [1.82, 2.24) is 14.9 Å². The first-order valence-corrected chi connectivity index (χ1v) is 11.4. The second-order valence-corrected chi connectivity index (χ2v) is 8.85. The molecule has 2 aromatic heterocycles. The lowest BCUT2D eigenvalue weighted by molar-refractivity contribution is -0.141. The van der Waals surface area contributed by atoms with Crippen LogP contribution in [0.2, 0.25) is 0 Å². The topological polar surface area (TPSA) is 112 Å². The van der Waals surface area contributed by atoms with E-state index >= 15 is 0 Å². The predicted octanol–water partition coefficient (Wildman–Crippen LogP) is 4.71. The molecule has 11 heteroatoms. The molecule has 1 saturated heterocycles. The number of aromatic nitrogens is 2. The number of aldehydes is 1. The minimum Gasteiger partial charge on any atom is -0.494 e. The second kappa shape index (κ2) is 9.81. The summed E-state index contributed by atoms with van der Waals surface area (Å²) in [7, 11) is 1.32. The molecule has 0 spiro atoms. The van der Waals surface area contributed by atoms with Crippen LogP contribution in [-0.2, 0) is 11.0 Å². The van der Waals surface area contributed by atoms with E-state index < -0.39 is 35.8 Å². The van der Waals surface area contributed by atoms with E-state index in [9.17, 15) is 22.8 Å². The Labute approximate surface area is 210 Å². The number of amides is 1. The number of rotatable bonds is 7. The number of benzene rings is 1. The fraction of sp³-hybridized carbons (Fsp3) is 0.308. The van der Waals surface area contributed by atoms with Gasteiger partial charge < -0.3 is 24.6 Å². The Morgan fingerprint density at radius 2 is 2.03 bits per heavy atom. The number of fused-ring (bicyclic) bond motifs is 1. The van der Waals surface area contributed by atoms with E-state index in [1.165, 1.54) is 30.2 Å². The number of nitrogens with two attached hydrogens (primary N) is 1. The van der Waals surface area contributed by atoms with Crippen molar-refractivity contribution in [2.75, 3.05) is 13.7 Å². The Morgan fingerprint density at radius 3 is 2.65 bits per heavy atom. The molecule has 1 aliphatic heterocycles. The van der Waals surface area contributed by atoms with Gasteiger partial charge in [0.1, 0.15) is 23.2 Å². The van der Waals surface area contributed by atoms with E-state index in [-0.39, 0.29) is 46.1 Å². The quantitative estimate of drug-likeness (QED) is 0.359. The molecule has 4 rings (SSSR count). The zero-order valence-corrected chi connectivity index (χ0v) is 20.2. The highest BCUT2D eigenvalue weighted by Gasteiger charge is 2.38. The van der Waals surface area contributed by atoms with E-state index in [1.807, 2.05) is 0 Å². The molecule has 8 nitrogen and oxygen atoms in total. The van der Waals surface area contributed by atoms with Gasteiger partial charge in [-0.2, -0.15) is 13.2 Å². The van der Waals surface area contributed by atoms with Crippen molar-refractivity contribution in [2.24, 2.45) is 11.7 Å². The normalized spacial score (nSPS) is 17.6. The number of oxazole rings is 1. The first-order chi connectivity index (χ1) is 17.5. The first kappa shape index (κ1) is 26.1. The van der Waals surface area contributed by atoms with E-state index in [0.29, 0.717) is 6.42 Å². The van der Waals surface area contributed by atoms with Crippen molar-refractivity contribution < 1.29 is 31.9 Å². The fourth-order valence-electron chi connectivity index (χ4n) is 4.38. The third-order valence-corrected chi connectivity index (χ3v) is 6.35. The maximum atomic E-state index is 13.6. The number of carbonyl (C=O) groups is 2. The molecule has 3 atom stereocenters. The molecule has 194 valence electrons. The first-order valence-electron chi connectivity index (χ1n) is 11.4. The zero-order valence-electron chi connectivity index (χ0n) is 20.2. The lowest BCUT2D eigenvalue weighted by atomic mass is 10.00. The van der Waals surface area contributed by atoms with Crippen molar-refractivity contribution in [2.45, 2.75) is 31.6 Å². The smallest absolute Gasteiger partial charge is 0.433 e. The van der Waals surface area contributed by atoms with E-state index in [2.05, 4.69) is 23.1 Å². The van der Waals surface area contributed by atoms with Crippen LogP contribution in [0.15, 0.2) is 53.5 Å². The average Bonchev–Trinajstić information content (AvgIpc) is 3.50. The van der Waals surface area contributed by atoms with Gasteiger partial charge in [-0.15, -0.1) is 6.58 Å². The standard InChI is InChI=1S/C26H25F3N4O4/c1-5-17(30)23-22(25(35)33-11-13(2)10-18(33)14(3)12-34)32-24(37-23)16-6-8-19(36-4)21-15(16)7-9-20(31-21)26(27,28)29/h5-9,12,14,17-18H,1-2,10-11,30H2,3-4H3/t14?,17-,18-/m0/s1. The lowest BCUT2D eigenvalue weighted by Gasteiger charge is -2.26. The summed E-state index contributed by atoms with van der Waals surface area (Å²) < 4.78 is 51.1. The zero-order chi connectivity index (χ0) is 27.1. The van der Waals surface area contributed by atoms with Gasteiger partial charge in [-0.05, 0) is 30.7 Å². The van der Waals surface area contributed by atoms with Gasteiger partial charge in [-0.3, -0.25) is 4.79 Å². The summed E-state index contributed by atoms with van der Waals surface area (Å²) in [5.41, 5.74) is 6.01. The Morgan fingerprint density at radius 1 is 1.30 bits per heavy atom. The maximum Gasteiger partial charge on any atom is 0.433 e. The summed E-state index contributed by atoms with van der Waals surface area (Å²) in [6.07, 6.45) is -2.04. The van der Waals surface area contributed by atoms with Crippen molar-refractivity contribution in [1.29, 1.82) is 0 Å². The van der Waals surface area contributed by atoms with Gasteiger partial charge in [0.25, 0.3) is 5.91 Å². The third-order valence-electron chi connectivity index (χ3n) is 6.35. The Kier molecular flexibility index (Phi) is 6.92. The molecular formula is C26H25F3N4O4. The van der Waals surface area contributed by atoms with Crippen LogP contribution in [0.3, 0.4) is 0 Å². The molecule has 1 aliphatic rings. The average molecular weight is 515 g/mol. The summed E-state index contributed by atoms with van der Waals surface area (Å²) >= 11 is 0. The molecule has 1 aromatic carbocycles. The monoisotopic (exact) mass is 514 g/mol. The number of likely N-dealkylation sites (tertiary alicyclic amines) is 1. The molecule has 1 amide bonds. The van der Waals surface area contributed by atoms with Crippen LogP contribution in [0, 0.1) is 5.92 Å². The molecule has 3 aromatic rings. The van der Waals surface area contributed by atoms with Gasteiger partial charge in [0.05, 0.1) is 13.2 Å². The van der Waals surface area contributed by atoms with Gasteiger partial charge in [0.2, 0.25) is 5.89 Å². The summed E-state index contributed by atoms with van der Waals surface area (Å²) in [6, 6.07) is 3.78. The van der Waals surface area contributed by atoms with E-state index in [0.717, 1.165) is 17.9 Å². The number of ether oxygens (including phenoxy) is 1. The highest BCUT2D eigenvalue weighted by atomic mass is 19.4. The van der Waals surface area contributed by atoms with Crippen molar-refractivity contribution in [3.05, 3.63) is 66.2 Å². The Bertz CT molecular complexity index is 1400. The van der Waals surface area contributed by atoms with Gasteiger partial charge in [0, 0.05) is 29.5 Å². The van der Waals surface area contributed by atoms with Gasteiger partial charge in [0.15, 0.2) is 11.5 Å². The largest absolute Gasteiger partial charge is 0.494 e. The van der Waals surface area contributed by atoms with Crippen LogP contribution in [-0.4, -0.2) is 46.8 Å². The van der Waals surface area contributed by atoms with Gasteiger partial charge in [-0.25, -0.2) is 9.97 Å². The minimum atomic E-state index is -4.66. The Balaban J connectivity index is 1.86. The molecule has 37 heavy (non-hydrogen) atoms. The van der Waals surface area contributed by atoms with Crippen LogP contribution >= 0.6 is 0 Å².